The molecule has 0 aromatic rings. The Bertz CT molecular complexity index is 372. The average Bonchev–Trinajstić information content (AvgIpc) is 2.43. The van der Waals surface area contributed by atoms with Gasteiger partial charge >= 0.3 is 0 Å². The van der Waals surface area contributed by atoms with Crippen LogP contribution < -0.4 is 11.1 Å². The number of amides is 2. The molecule has 0 spiro atoms. The molecule has 1 saturated heterocycles. The minimum atomic E-state index is -0.551. The molecule has 0 radical (unpaired) electrons. The largest absolute Gasteiger partial charge is 0.346 e. The predicted molar refractivity (Wildman–Crippen MR) is 91.9 cm³/mol. The average molecular weight is 334 g/mol. The summed E-state index contributed by atoms with van der Waals surface area (Å²) in [6.07, 6.45) is 4.50. The van der Waals surface area contributed by atoms with Gasteiger partial charge < -0.3 is 16.0 Å². The van der Waals surface area contributed by atoms with Crippen molar-refractivity contribution in [1.29, 1.82) is 0 Å². The minimum absolute atomic E-state index is 0. The molecule has 5 nitrogen and oxygen atoms in total. The second-order valence-electron chi connectivity index (χ2n) is 6.97. The summed E-state index contributed by atoms with van der Waals surface area (Å²) >= 11 is 0. The van der Waals surface area contributed by atoms with Crippen molar-refractivity contribution < 1.29 is 9.59 Å². The van der Waals surface area contributed by atoms with Gasteiger partial charge in [0.15, 0.2) is 0 Å². The van der Waals surface area contributed by atoms with Gasteiger partial charge in [-0.05, 0) is 30.6 Å². The first-order valence-electron chi connectivity index (χ1n) is 8.10. The third-order valence-electron chi connectivity index (χ3n) is 4.42. The number of nitrogens with two attached hydrogens (primary N) is 1. The summed E-state index contributed by atoms with van der Waals surface area (Å²) in [5.41, 5.74) is 5.99. The first-order valence-corrected chi connectivity index (χ1v) is 8.10. The van der Waals surface area contributed by atoms with Crippen LogP contribution in [0.1, 0.15) is 53.4 Å². The van der Waals surface area contributed by atoms with Crippen molar-refractivity contribution in [3.05, 3.63) is 0 Å². The van der Waals surface area contributed by atoms with Crippen LogP contribution in [-0.4, -0.2) is 42.4 Å². The molecule has 1 aliphatic rings. The number of nitrogens with zero attached hydrogens (tertiary/aromatic N) is 1. The van der Waals surface area contributed by atoms with E-state index in [0.717, 1.165) is 32.4 Å². The second-order valence-corrected chi connectivity index (χ2v) is 6.97. The lowest BCUT2D eigenvalue weighted by Gasteiger charge is -2.40. The van der Waals surface area contributed by atoms with E-state index in [4.69, 9.17) is 5.73 Å². The highest BCUT2D eigenvalue weighted by molar-refractivity contribution is 5.87. The Morgan fingerprint density at radius 3 is 2.55 bits per heavy atom. The van der Waals surface area contributed by atoms with E-state index in [1.54, 1.807) is 0 Å². The summed E-state index contributed by atoms with van der Waals surface area (Å²) in [6.45, 7) is 9.87. The van der Waals surface area contributed by atoms with Crippen LogP contribution in [0.25, 0.3) is 0 Å². The smallest absolute Gasteiger partial charge is 0.241 e. The van der Waals surface area contributed by atoms with Crippen molar-refractivity contribution in [2.75, 3.05) is 19.6 Å². The van der Waals surface area contributed by atoms with Gasteiger partial charge in [-0.15, -0.1) is 12.4 Å². The number of nitrogens with one attached hydrogen (secondary N) is 1. The molecule has 3 N–H and O–H groups in total. The second kappa shape index (κ2) is 9.36. The zero-order chi connectivity index (χ0) is 16.0. The molecule has 1 fully saturated rings. The SMILES string of the molecule is CCCC1(C)CCCN(C(=O)CNC(=O)[C@@H](N)C(C)C)C1.Cl. The Kier molecular flexibility index (Phi) is 9.01. The van der Waals surface area contributed by atoms with Crippen LogP contribution in [0.15, 0.2) is 0 Å². The van der Waals surface area contributed by atoms with E-state index in [9.17, 15) is 9.59 Å². The van der Waals surface area contributed by atoms with Gasteiger partial charge in [-0.2, -0.15) is 0 Å². The van der Waals surface area contributed by atoms with Gasteiger partial charge in [0.05, 0.1) is 12.6 Å². The summed E-state index contributed by atoms with van der Waals surface area (Å²) in [7, 11) is 0. The Labute approximate surface area is 140 Å². The normalized spacial score (nSPS) is 22.9. The Morgan fingerprint density at radius 1 is 1.36 bits per heavy atom. The molecule has 1 aliphatic heterocycles. The van der Waals surface area contributed by atoms with Gasteiger partial charge in [-0.1, -0.05) is 34.1 Å². The summed E-state index contributed by atoms with van der Waals surface area (Å²) in [6, 6.07) is -0.551. The maximum Gasteiger partial charge on any atom is 0.241 e. The number of hydrogen-bond acceptors (Lipinski definition) is 3. The lowest BCUT2D eigenvalue weighted by atomic mass is 9.78. The number of carbonyl (C=O) groups excluding carboxylic acids is 2. The fourth-order valence-electron chi connectivity index (χ4n) is 3.03. The summed E-state index contributed by atoms with van der Waals surface area (Å²) in [4.78, 5) is 25.9. The zero-order valence-electron chi connectivity index (χ0n) is 14.4. The molecule has 0 aromatic heterocycles. The first-order chi connectivity index (χ1) is 9.79. The molecule has 1 unspecified atom stereocenters. The Morgan fingerprint density at radius 2 is 2.00 bits per heavy atom. The van der Waals surface area contributed by atoms with Gasteiger partial charge in [0.1, 0.15) is 0 Å². The molecule has 0 bridgehead atoms. The highest BCUT2D eigenvalue weighted by atomic mass is 35.5. The predicted octanol–water partition coefficient (Wildman–Crippen LogP) is 1.94. The highest BCUT2D eigenvalue weighted by Gasteiger charge is 2.32. The maximum atomic E-state index is 12.3. The monoisotopic (exact) mass is 333 g/mol. The van der Waals surface area contributed by atoms with Crippen LogP contribution in [0, 0.1) is 11.3 Å². The molecular weight excluding hydrogens is 302 g/mol. The lowest BCUT2D eigenvalue weighted by molar-refractivity contribution is -0.136. The van der Waals surface area contributed by atoms with Gasteiger partial charge in [0.2, 0.25) is 11.8 Å². The van der Waals surface area contributed by atoms with Crippen LogP contribution in [-0.2, 0) is 9.59 Å². The topological polar surface area (TPSA) is 75.4 Å². The fraction of sp³-hybridized carbons (Fsp3) is 0.875. The van der Waals surface area contributed by atoms with Gasteiger partial charge in [-0.3, -0.25) is 9.59 Å². The van der Waals surface area contributed by atoms with E-state index in [-0.39, 0.29) is 42.1 Å². The third kappa shape index (κ3) is 6.13. The molecule has 0 aliphatic carbocycles. The summed E-state index contributed by atoms with van der Waals surface area (Å²) in [5.74, 6) is -0.170. The van der Waals surface area contributed by atoms with Gasteiger partial charge in [0, 0.05) is 13.1 Å². The van der Waals surface area contributed by atoms with E-state index >= 15 is 0 Å². The van der Waals surface area contributed by atoms with Crippen molar-refractivity contribution in [2.24, 2.45) is 17.1 Å². The zero-order valence-corrected chi connectivity index (χ0v) is 15.2. The lowest BCUT2D eigenvalue weighted by Crippen LogP contribution is -2.51. The minimum Gasteiger partial charge on any atom is -0.346 e. The van der Waals surface area contributed by atoms with E-state index in [2.05, 4.69) is 19.2 Å². The standard InChI is InChI=1S/C16H31N3O2.ClH/c1-5-7-16(4)8-6-9-19(11-16)13(20)10-18-15(21)14(17)12(2)3;/h12,14H,5-11,17H2,1-4H3,(H,18,21);1H/t14-,16?;/m0./s1. The van der Waals surface area contributed by atoms with Gasteiger partial charge in [-0.25, -0.2) is 0 Å². The molecule has 130 valence electrons. The molecule has 22 heavy (non-hydrogen) atoms. The number of piperidine rings is 1. The third-order valence-corrected chi connectivity index (χ3v) is 4.42. The van der Waals surface area contributed by atoms with Crippen LogP contribution >= 0.6 is 12.4 Å². The van der Waals surface area contributed by atoms with Crippen molar-refractivity contribution in [3.63, 3.8) is 0 Å². The summed E-state index contributed by atoms with van der Waals surface area (Å²) < 4.78 is 0. The van der Waals surface area contributed by atoms with E-state index in [0.29, 0.717) is 0 Å². The number of hydrogen-bond donors (Lipinski definition) is 2. The van der Waals surface area contributed by atoms with Crippen LogP contribution in [0.4, 0.5) is 0 Å². The summed E-state index contributed by atoms with van der Waals surface area (Å²) in [5, 5.41) is 2.67. The molecule has 0 aromatic carbocycles. The van der Waals surface area contributed by atoms with Crippen molar-refractivity contribution >= 4 is 24.2 Å². The van der Waals surface area contributed by atoms with Crippen molar-refractivity contribution in [1.82, 2.24) is 10.2 Å². The van der Waals surface area contributed by atoms with Crippen molar-refractivity contribution in [3.8, 4) is 0 Å². The Hall–Kier alpha value is -0.810. The number of halogens is 1. The number of carbonyl (C=O) groups is 2. The number of likely N-dealkylation sites (tertiary alicyclic amines) is 1. The fourth-order valence-corrected chi connectivity index (χ4v) is 3.03. The van der Waals surface area contributed by atoms with E-state index in [1.165, 1.54) is 6.42 Å². The highest BCUT2D eigenvalue weighted by Crippen LogP contribution is 2.33. The van der Waals surface area contributed by atoms with Crippen LogP contribution in [0.2, 0.25) is 0 Å². The van der Waals surface area contributed by atoms with E-state index < -0.39 is 6.04 Å². The Balaban J connectivity index is 0.00000441. The number of rotatable bonds is 6. The first kappa shape index (κ1) is 21.2. The van der Waals surface area contributed by atoms with Crippen LogP contribution in [0.5, 0.6) is 0 Å². The molecule has 6 heteroatoms. The molecule has 0 saturated carbocycles. The molecular formula is C16H32ClN3O2. The molecule has 1 heterocycles. The molecule has 2 amide bonds. The molecule has 2 atom stereocenters. The van der Waals surface area contributed by atoms with Gasteiger partial charge in [0.25, 0.3) is 0 Å². The van der Waals surface area contributed by atoms with Crippen LogP contribution in [0.3, 0.4) is 0 Å². The maximum absolute atomic E-state index is 12.3. The molecule has 1 rings (SSSR count). The quantitative estimate of drug-likeness (QED) is 0.780. The van der Waals surface area contributed by atoms with Crippen molar-refractivity contribution in [2.45, 2.75) is 59.4 Å². The van der Waals surface area contributed by atoms with E-state index in [1.807, 2.05) is 18.7 Å².